The van der Waals surface area contributed by atoms with Gasteiger partial charge in [-0.3, -0.25) is 15.0 Å². The summed E-state index contributed by atoms with van der Waals surface area (Å²) in [6.07, 6.45) is 1.07. The highest BCUT2D eigenvalue weighted by Gasteiger charge is 2.15. The second-order valence-electron chi connectivity index (χ2n) is 4.91. The molecule has 1 rings (SSSR count). The van der Waals surface area contributed by atoms with E-state index in [0.29, 0.717) is 6.04 Å². The molecule has 0 saturated carbocycles. The minimum absolute atomic E-state index is 0.147. The third-order valence-corrected chi connectivity index (χ3v) is 3.18. The zero-order chi connectivity index (χ0) is 14.4. The fraction of sp³-hybridized carbons (Fsp3) is 0.571. The van der Waals surface area contributed by atoms with Crippen LogP contribution in [-0.4, -0.2) is 29.5 Å². The van der Waals surface area contributed by atoms with Crippen molar-refractivity contribution in [2.75, 3.05) is 18.9 Å². The Morgan fingerprint density at radius 3 is 2.58 bits per heavy atom. The minimum Gasteiger partial charge on any atom is -0.388 e. The molecular weight excluding hydrogens is 242 g/mol. The average molecular weight is 265 g/mol. The number of non-ortho nitro benzene ring substituents is 1. The average Bonchev–Trinajstić information content (AvgIpc) is 2.37. The fourth-order valence-corrected chi connectivity index (χ4v) is 2.09. The number of nitrogens with one attached hydrogen (secondary N) is 1. The van der Waals surface area contributed by atoms with Gasteiger partial charge >= 0.3 is 0 Å². The predicted molar refractivity (Wildman–Crippen MR) is 78.5 cm³/mol. The molecule has 0 saturated heterocycles. The lowest BCUT2D eigenvalue weighted by Gasteiger charge is -2.26. The van der Waals surface area contributed by atoms with Crippen molar-refractivity contribution in [2.45, 2.75) is 39.8 Å². The summed E-state index contributed by atoms with van der Waals surface area (Å²) in [4.78, 5) is 12.8. The summed E-state index contributed by atoms with van der Waals surface area (Å²) < 4.78 is 0. The van der Waals surface area contributed by atoms with Gasteiger partial charge < -0.3 is 5.32 Å². The van der Waals surface area contributed by atoms with Crippen molar-refractivity contribution in [3.05, 3.63) is 33.9 Å². The maximum atomic E-state index is 10.9. The molecule has 0 aliphatic rings. The minimum atomic E-state index is -0.345. The molecule has 0 amide bonds. The molecule has 0 aliphatic heterocycles. The highest BCUT2D eigenvalue weighted by atomic mass is 16.6. The SMILES string of the molecule is CCCN(Cc1cc([N+](=O)[O-])ccc1NC)C(C)C. The van der Waals surface area contributed by atoms with E-state index >= 15 is 0 Å². The van der Waals surface area contributed by atoms with E-state index in [1.807, 2.05) is 7.05 Å². The monoisotopic (exact) mass is 265 g/mol. The lowest BCUT2D eigenvalue weighted by molar-refractivity contribution is -0.384. The van der Waals surface area contributed by atoms with Gasteiger partial charge in [0.15, 0.2) is 0 Å². The smallest absolute Gasteiger partial charge is 0.269 e. The van der Waals surface area contributed by atoms with Crippen LogP contribution in [0.15, 0.2) is 18.2 Å². The van der Waals surface area contributed by atoms with Crippen LogP contribution in [0.25, 0.3) is 0 Å². The third kappa shape index (κ3) is 4.21. The standard InChI is InChI=1S/C14H23N3O2/c1-5-8-16(11(2)3)10-12-9-13(17(18)19)6-7-14(12)15-4/h6-7,9,11,15H,5,8,10H2,1-4H3. The molecule has 1 N–H and O–H groups in total. The summed E-state index contributed by atoms with van der Waals surface area (Å²) in [7, 11) is 1.84. The lowest BCUT2D eigenvalue weighted by atomic mass is 10.1. The molecule has 106 valence electrons. The molecule has 0 unspecified atom stereocenters. The van der Waals surface area contributed by atoms with Crippen molar-refractivity contribution in [3.8, 4) is 0 Å². The molecule has 0 radical (unpaired) electrons. The number of nitro benzene ring substituents is 1. The van der Waals surface area contributed by atoms with Crippen LogP contribution < -0.4 is 5.32 Å². The zero-order valence-corrected chi connectivity index (χ0v) is 12.1. The van der Waals surface area contributed by atoms with Gasteiger partial charge in [-0.15, -0.1) is 0 Å². The van der Waals surface area contributed by atoms with Gasteiger partial charge in [-0.2, -0.15) is 0 Å². The van der Waals surface area contributed by atoms with Crippen LogP contribution >= 0.6 is 0 Å². The van der Waals surface area contributed by atoms with Crippen molar-refractivity contribution < 1.29 is 4.92 Å². The van der Waals surface area contributed by atoms with Gasteiger partial charge in [0.2, 0.25) is 0 Å². The predicted octanol–water partition coefficient (Wildman–Crippen LogP) is 3.26. The van der Waals surface area contributed by atoms with Crippen LogP contribution in [0.2, 0.25) is 0 Å². The number of rotatable bonds is 7. The van der Waals surface area contributed by atoms with Gasteiger partial charge in [-0.25, -0.2) is 0 Å². The number of anilines is 1. The summed E-state index contributed by atoms with van der Waals surface area (Å²) in [6.45, 7) is 8.15. The Bertz CT molecular complexity index is 433. The number of nitrogens with zero attached hydrogens (tertiary/aromatic N) is 2. The molecule has 5 heteroatoms. The van der Waals surface area contributed by atoms with E-state index in [1.165, 1.54) is 6.07 Å². The van der Waals surface area contributed by atoms with Gasteiger partial charge in [-0.05, 0) is 38.4 Å². The van der Waals surface area contributed by atoms with E-state index in [-0.39, 0.29) is 10.6 Å². The molecule has 0 aliphatic carbocycles. The van der Waals surface area contributed by atoms with Crippen LogP contribution in [0.4, 0.5) is 11.4 Å². The zero-order valence-electron chi connectivity index (χ0n) is 12.1. The highest BCUT2D eigenvalue weighted by Crippen LogP contribution is 2.24. The topological polar surface area (TPSA) is 58.4 Å². The van der Waals surface area contributed by atoms with Gasteiger partial charge in [0.1, 0.15) is 0 Å². The summed E-state index contributed by atoms with van der Waals surface area (Å²) >= 11 is 0. The van der Waals surface area contributed by atoms with E-state index in [2.05, 4.69) is 31.0 Å². The largest absolute Gasteiger partial charge is 0.388 e. The maximum absolute atomic E-state index is 10.9. The summed E-state index contributed by atoms with van der Waals surface area (Å²) in [6, 6.07) is 5.40. The van der Waals surface area contributed by atoms with E-state index in [9.17, 15) is 10.1 Å². The Balaban J connectivity index is 3.01. The first-order chi connectivity index (χ1) is 8.99. The van der Waals surface area contributed by atoms with Crippen molar-refractivity contribution in [3.63, 3.8) is 0 Å². The van der Waals surface area contributed by atoms with E-state index in [1.54, 1.807) is 12.1 Å². The number of nitro groups is 1. The molecule has 0 bridgehead atoms. The highest BCUT2D eigenvalue weighted by molar-refractivity contribution is 5.55. The van der Waals surface area contributed by atoms with E-state index in [4.69, 9.17) is 0 Å². The van der Waals surface area contributed by atoms with Gasteiger partial charge in [0.05, 0.1) is 4.92 Å². The van der Waals surface area contributed by atoms with Crippen molar-refractivity contribution in [2.24, 2.45) is 0 Å². The van der Waals surface area contributed by atoms with Crippen LogP contribution in [0.5, 0.6) is 0 Å². The van der Waals surface area contributed by atoms with Crippen molar-refractivity contribution >= 4 is 11.4 Å². The summed E-state index contributed by atoms with van der Waals surface area (Å²) in [5.74, 6) is 0. The Labute approximate surface area is 114 Å². The summed E-state index contributed by atoms with van der Waals surface area (Å²) in [5.41, 5.74) is 2.07. The molecular formula is C14H23N3O2. The van der Waals surface area contributed by atoms with Gasteiger partial charge in [-0.1, -0.05) is 6.92 Å². The molecule has 5 nitrogen and oxygen atoms in total. The van der Waals surface area contributed by atoms with Gasteiger partial charge in [0, 0.05) is 37.5 Å². The second kappa shape index (κ2) is 7.09. The molecule has 1 aromatic rings. The quantitative estimate of drug-likeness (QED) is 0.607. The Morgan fingerprint density at radius 1 is 1.42 bits per heavy atom. The van der Waals surface area contributed by atoms with Crippen LogP contribution in [0.1, 0.15) is 32.8 Å². The Kier molecular flexibility index (Phi) is 5.76. The van der Waals surface area contributed by atoms with Gasteiger partial charge in [0.25, 0.3) is 5.69 Å². The Hall–Kier alpha value is -1.62. The van der Waals surface area contributed by atoms with E-state index in [0.717, 1.165) is 30.8 Å². The third-order valence-electron chi connectivity index (χ3n) is 3.18. The molecule has 0 fully saturated rings. The number of hydrogen-bond donors (Lipinski definition) is 1. The van der Waals surface area contributed by atoms with Crippen LogP contribution in [0.3, 0.4) is 0 Å². The fourth-order valence-electron chi connectivity index (χ4n) is 2.09. The molecule has 0 heterocycles. The normalized spacial score (nSPS) is 11.1. The van der Waals surface area contributed by atoms with E-state index < -0.39 is 0 Å². The van der Waals surface area contributed by atoms with Crippen LogP contribution in [-0.2, 0) is 6.54 Å². The number of hydrogen-bond acceptors (Lipinski definition) is 4. The van der Waals surface area contributed by atoms with Crippen LogP contribution in [0, 0.1) is 10.1 Å². The first-order valence-electron chi connectivity index (χ1n) is 6.68. The maximum Gasteiger partial charge on any atom is 0.269 e. The first kappa shape index (κ1) is 15.4. The van der Waals surface area contributed by atoms with Crippen molar-refractivity contribution in [1.82, 2.24) is 4.90 Å². The second-order valence-corrected chi connectivity index (χ2v) is 4.91. The number of benzene rings is 1. The Morgan fingerprint density at radius 2 is 2.11 bits per heavy atom. The molecule has 1 aromatic carbocycles. The molecule has 0 spiro atoms. The van der Waals surface area contributed by atoms with Crippen molar-refractivity contribution in [1.29, 1.82) is 0 Å². The molecule has 19 heavy (non-hydrogen) atoms. The molecule has 0 aromatic heterocycles. The molecule has 0 atom stereocenters. The lowest BCUT2D eigenvalue weighted by Crippen LogP contribution is -2.31. The summed E-state index contributed by atoms with van der Waals surface area (Å²) in [5, 5.41) is 14.0. The first-order valence-corrected chi connectivity index (χ1v) is 6.68.